The fourth-order valence-electron chi connectivity index (χ4n) is 1.78. The molecule has 1 rings (SSSR count). The van der Waals surface area contributed by atoms with Crippen molar-refractivity contribution in [2.24, 2.45) is 0 Å². The van der Waals surface area contributed by atoms with Crippen molar-refractivity contribution in [3.8, 4) is 5.75 Å². The average molecular weight is 293 g/mol. The molecule has 0 amide bonds. The SMILES string of the molecule is CC(C)(C)NCCCOc1ccccc1COC(C)(C)C. The summed E-state index contributed by atoms with van der Waals surface area (Å²) in [5.74, 6) is 0.928. The quantitative estimate of drug-likeness (QED) is 0.766. The molecule has 0 saturated carbocycles. The molecular formula is C18H31NO2. The summed E-state index contributed by atoms with van der Waals surface area (Å²) in [7, 11) is 0. The van der Waals surface area contributed by atoms with Gasteiger partial charge in [0.05, 0.1) is 18.8 Å². The summed E-state index contributed by atoms with van der Waals surface area (Å²) in [6.45, 7) is 15.0. The van der Waals surface area contributed by atoms with E-state index in [0.717, 1.165) is 30.9 Å². The first-order valence-electron chi connectivity index (χ1n) is 7.77. The number of rotatable bonds is 7. The van der Waals surface area contributed by atoms with Crippen LogP contribution in [0.5, 0.6) is 5.75 Å². The minimum Gasteiger partial charge on any atom is -0.493 e. The van der Waals surface area contributed by atoms with Gasteiger partial charge in [0.2, 0.25) is 0 Å². The van der Waals surface area contributed by atoms with Gasteiger partial charge < -0.3 is 14.8 Å². The summed E-state index contributed by atoms with van der Waals surface area (Å²) in [6.07, 6.45) is 0.992. The van der Waals surface area contributed by atoms with Gasteiger partial charge >= 0.3 is 0 Å². The van der Waals surface area contributed by atoms with Crippen LogP contribution >= 0.6 is 0 Å². The van der Waals surface area contributed by atoms with E-state index in [9.17, 15) is 0 Å². The Bertz CT molecular complexity index is 416. The molecule has 0 aliphatic rings. The molecule has 0 aromatic heterocycles. The minimum absolute atomic E-state index is 0.135. The van der Waals surface area contributed by atoms with Crippen molar-refractivity contribution < 1.29 is 9.47 Å². The van der Waals surface area contributed by atoms with Crippen LogP contribution in [0, 0.1) is 0 Å². The van der Waals surface area contributed by atoms with E-state index in [-0.39, 0.29) is 11.1 Å². The van der Waals surface area contributed by atoms with Crippen molar-refractivity contribution in [3.63, 3.8) is 0 Å². The van der Waals surface area contributed by atoms with Crippen molar-refractivity contribution in [2.75, 3.05) is 13.2 Å². The molecule has 120 valence electrons. The molecule has 1 aromatic rings. The monoisotopic (exact) mass is 293 g/mol. The molecule has 0 atom stereocenters. The van der Waals surface area contributed by atoms with E-state index in [0.29, 0.717) is 6.61 Å². The first-order chi connectivity index (χ1) is 9.67. The number of hydrogen-bond acceptors (Lipinski definition) is 3. The Hall–Kier alpha value is -1.06. The van der Waals surface area contributed by atoms with Gasteiger partial charge in [0.15, 0.2) is 0 Å². The largest absolute Gasteiger partial charge is 0.493 e. The molecule has 0 saturated heterocycles. The number of para-hydroxylation sites is 1. The molecular weight excluding hydrogens is 262 g/mol. The smallest absolute Gasteiger partial charge is 0.124 e. The molecule has 0 unspecified atom stereocenters. The van der Waals surface area contributed by atoms with E-state index in [1.54, 1.807) is 0 Å². The normalized spacial score (nSPS) is 12.5. The third-order valence-electron chi connectivity index (χ3n) is 2.87. The van der Waals surface area contributed by atoms with Crippen LogP contribution < -0.4 is 10.1 Å². The molecule has 3 heteroatoms. The highest BCUT2D eigenvalue weighted by Crippen LogP contribution is 2.21. The van der Waals surface area contributed by atoms with E-state index in [1.165, 1.54) is 0 Å². The summed E-state index contributed by atoms with van der Waals surface area (Å²) in [6, 6.07) is 8.10. The van der Waals surface area contributed by atoms with Gasteiger partial charge in [-0.25, -0.2) is 0 Å². The van der Waals surface area contributed by atoms with E-state index < -0.39 is 0 Å². The lowest BCUT2D eigenvalue weighted by molar-refractivity contribution is -0.0158. The molecule has 0 aliphatic carbocycles. The molecule has 1 aromatic carbocycles. The maximum atomic E-state index is 5.90. The Balaban J connectivity index is 2.41. The Morgan fingerprint density at radius 3 is 2.29 bits per heavy atom. The van der Waals surface area contributed by atoms with Crippen LogP contribution in [0.1, 0.15) is 53.5 Å². The second-order valence-electron chi connectivity index (χ2n) is 7.39. The molecule has 0 radical (unpaired) electrons. The zero-order valence-electron chi connectivity index (χ0n) is 14.5. The maximum Gasteiger partial charge on any atom is 0.124 e. The number of benzene rings is 1. The van der Waals surface area contributed by atoms with Crippen LogP contribution in [0.2, 0.25) is 0 Å². The lowest BCUT2D eigenvalue weighted by Gasteiger charge is -2.21. The number of ether oxygens (including phenoxy) is 2. The second-order valence-corrected chi connectivity index (χ2v) is 7.39. The third kappa shape index (κ3) is 8.74. The lowest BCUT2D eigenvalue weighted by atomic mass is 10.1. The van der Waals surface area contributed by atoms with Gasteiger partial charge in [0.25, 0.3) is 0 Å². The van der Waals surface area contributed by atoms with Crippen molar-refractivity contribution in [2.45, 2.75) is 65.7 Å². The van der Waals surface area contributed by atoms with Crippen molar-refractivity contribution in [1.82, 2.24) is 5.32 Å². The predicted molar refractivity (Wildman–Crippen MR) is 88.9 cm³/mol. The maximum absolute atomic E-state index is 5.90. The highest BCUT2D eigenvalue weighted by atomic mass is 16.5. The molecule has 1 N–H and O–H groups in total. The van der Waals surface area contributed by atoms with Crippen LogP contribution in [0.15, 0.2) is 24.3 Å². The molecule has 0 aliphatic heterocycles. The highest BCUT2D eigenvalue weighted by Gasteiger charge is 2.12. The molecule has 0 fully saturated rings. The van der Waals surface area contributed by atoms with Gasteiger partial charge in [-0.1, -0.05) is 18.2 Å². The summed E-state index contributed by atoms with van der Waals surface area (Å²) in [5, 5.41) is 3.46. The molecule has 0 bridgehead atoms. The summed E-state index contributed by atoms with van der Waals surface area (Å²) in [5.41, 5.74) is 1.14. The van der Waals surface area contributed by atoms with Crippen LogP contribution in [0.3, 0.4) is 0 Å². The highest BCUT2D eigenvalue weighted by molar-refractivity contribution is 5.32. The first-order valence-corrected chi connectivity index (χ1v) is 7.77. The number of nitrogens with one attached hydrogen (secondary N) is 1. The molecule has 3 nitrogen and oxygen atoms in total. The van der Waals surface area contributed by atoms with E-state index in [1.807, 2.05) is 18.2 Å². The zero-order valence-corrected chi connectivity index (χ0v) is 14.5. The second kappa shape index (κ2) is 7.81. The van der Waals surface area contributed by atoms with Gasteiger partial charge in [0.1, 0.15) is 5.75 Å². The molecule has 0 heterocycles. The Morgan fingerprint density at radius 2 is 1.67 bits per heavy atom. The molecule has 21 heavy (non-hydrogen) atoms. The summed E-state index contributed by atoms with van der Waals surface area (Å²) < 4.78 is 11.7. The predicted octanol–water partition coefficient (Wildman–Crippen LogP) is 4.16. The first kappa shape index (κ1) is 18.0. The Kier molecular flexibility index (Phi) is 6.69. The summed E-state index contributed by atoms with van der Waals surface area (Å²) in [4.78, 5) is 0. The zero-order chi connectivity index (χ0) is 15.9. The fraction of sp³-hybridized carbons (Fsp3) is 0.667. The minimum atomic E-state index is -0.135. The topological polar surface area (TPSA) is 30.5 Å². The van der Waals surface area contributed by atoms with Crippen LogP contribution in [-0.2, 0) is 11.3 Å². The molecule has 0 spiro atoms. The standard InChI is InChI=1S/C18H31NO2/c1-17(2,3)19-12-9-13-20-16-11-8-7-10-15(16)14-21-18(4,5)6/h7-8,10-11,19H,9,12-14H2,1-6H3. The van der Waals surface area contributed by atoms with Gasteiger partial charge in [-0.15, -0.1) is 0 Å². The van der Waals surface area contributed by atoms with Crippen LogP contribution in [-0.4, -0.2) is 24.3 Å². The van der Waals surface area contributed by atoms with Crippen LogP contribution in [0.25, 0.3) is 0 Å². The van der Waals surface area contributed by atoms with Crippen molar-refractivity contribution in [3.05, 3.63) is 29.8 Å². The van der Waals surface area contributed by atoms with Crippen molar-refractivity contribution in [1.29, 1.82) is 0 Å². The van der Waals surface area contributed by atoms with Gasteiger partial charge in [-0.3, -0.25) is 0 Å². The average Bonchev–Trinajstić information content (AvgIpc) is 2.35. The number of hydrogen-bond donors (Lipinski definition) is 1. The Labute approximate surface area is 130 Å². The van der Waals surface area contributed by atoms with Gasteiger partial charge in [0, 0.05) is 11.1 Å². The lowest BCUT2D eigenvalue weighted by Crippen LogP contribution is -2.36. The van der Waals surface area contributed by atoms with Gasteiger partial charge in [-0.2, -0.15) is 0 Å². The van der Waals surface area contributed by atoms with Crippen LogP contribution in [0.4, 0.5) is 0 Å². The third-order valence-corrected chi connectivity index (χ3v) is 2.87. The van der Waals surface area contributed by atoms with Gasteiger partial charge in [-0.05, 0) is 60.6 Å². The Morgan fingerprint density at radius 1 is 1.00 bits per heavy atom. The fourth-order valence-corrected chi connectivity index (χ4v) is 1.78. The van der Waals surface area contributed by atoms with E-state index in [4.69, 9.17) is 9.47 Å². The van der Waals surface area contributed by atoms with Crippen molar-refractivity contribution >= 4 is 0 Å². The van der Waals surface area contributed by atoms with E-state index >= 15 is 0 Å². The van der Waals surface area contributed by atoms with E-state index in [2.05, 4.69) is 52.9 Å². The summed E-state index contributed by atoms with van der Waals surface area (Å²) >= 11 is 0.